The van der Waals surface area contributed by atoms with E-state index in [9.17, 15) is 24.3 Å². The molecule has 148 valence electrons. The third-order valence-corrected chi connectivity index (χ3v) is 5.59. The van der Waals surface area contributed by atoms with Gasteiger partial charge >= 0.3 is 0 Å². The maximum absolute atomic E-state index is 13.0. The van der Waals surface area contributed by atoms with E-state index in [0.717, 1.165) is 4.90 Å². The van der Waals surface area contributed by atoms with Gasteiger partial charge in [0.25, 0.3) is 11.8 Å². The van der Waals surface area contributed by atoms with Crippen LogP contribution < -0.4 is 11.1 Å². The molecular formula is C19H22N4O5. The number of amides is 4. The summed E-state index contributed by atoms with van der Waals surface area (Å²) >= 11 is 0. The number of piperidine rings is 1. The zero-order valence-electron chi connectivity index (χ0n) is 15.3. The Kier molecular flexibility index (Phi) is 4.53. The van der Waals surface area contributed by atoms with Crippen molar-refractivity contribution in [2.24, 2.45) is 5.73 Å². The number of hydrogen-bond acceptors (Lipinski definition) is 7. The highest BCUT2D eigenvalue weighted by atomic mass is 16.3. The Bertz CT molecular complexity index is 877. The van der Waals surface area contributed by atoms with E-state index in [1.54, 1.807) is 18.2 Å². The summed E-state index contributed by atoms with van der Waals surface area (Å²) in [5, 5.41) is 12.5. The van der Waals surface area contributed by atoms with Crippen molar-refractivity contribution < 1.29 is 24.3 Å². The zero-order valence-corrected chi connectivity index (χ0v) is 15.3. The van der Waals surface area contributed by atoms with Crippen LogP contribution in [0.2, 0.25) is 0 Å². The van der Waals surface area contributed by atoms with E-state index in [0.29, 0.717) is 43.7 Å². The highest BCUT2D eigenvalue weighted by Gasteiger charge is 2.46. The van der Waals surface area contributed by atoms with Gasteiger partial charge in [0.15, 0.2) is 0 Å². The Balaban J connectivity index is 1.55. The van der Waals surface area contributed by atoms with Gasteiger partial charge in [-0.1, -0.05) is 12.1 Å². The number of fused-ring (bicyclic) bond motifs is 1. The molecule has 4 rings (SSSR count). The quantitative estimate of drug-likeness (QED) is 0.552. The Morgan fingerprint density at radius 1 is 1.18 bits per heavy atom. The summed E-state index contributed by atoms with van der Waals surface area (Å²) in [6.07, 6.45) is 0.727. The molecule has 2 saturated heterocycles. The van der Waals surface area contributed by atoms with Crippen molar-refractivity contribution in [2.75, 3.05) is 19.6 Å². The lowest BCUT2D eigenvalue weighted by molar-refractivity contribution is -0.136. The normalized spacial score (nSPS) is 24.2. The Labute approximate surface area is 161 Å². The number of benzene rings is 1. The van der Waals surface area contributed by atoms with Crippen molar-refractivity contribution in [3.63, 3.8) is 0 Å². The van der Waals surface area contributed by atoms with Gasteiger partial charge in [0.1, 0.15) is 6.04 Å². The predicted octanol–water partition coefficient (Wildman–Crippen LogP) is -1.02. The van der Waals surface area contributed by atoms with Crippen molar-refractivity contribution in [3.8, 4) is 0 Å². The Morgan fingerprint density at radius 3 is 2.61 bits per heavy atom. The number of nitrogens with two attached hydrogens (primary N) is 1. The average Bonchev–Trinajstić information content (AvgIpc) is 2.86. The first kappa shape index (κ1) is 18.7. The summed E-state index contributed by atoms with van der Waals surface area (Å²) < 4.78 is 0. The van der Waals surface area contributed by atoms with Gasteiger partial charge in [0.05, 0.1) is 16.7 Å². The Hall–Kier alpha value is -2.62. The van der Waals surface area contributed by atoms with Gasteiger partial charge in [0.2, 0.25) is 11.8 Å². The molecule has 0 aromatic heterocycles. The largest absolute Gasteiger partial charge is 0.387 e. The topological polar surface area (TPSA) is 133 Å². The third-order valence-electron chi connectivity index (χ3n) is 5.59. The van der Waals surface area contributed by atoms with E-state index in [4.69, 9.17) is 5.73 Å². The lowest BCUT2D eigenvalue weighted by atomic mass is 9.89. The van der Waals surface area contributed by atoms with Gasteiger partial charge < -0.3 is 10.8 Å². The van der Waals surface area contributed by atoms with E-state index in [1.807, 2.05) is 4.90 Å². The number of aliphatic hydroxyl groups is 1. The number of carbonyl (C=O) groups is 4. The molecule has 0 saturated carbocycles. The van der Waals surface area contributed by atoms with E-state index in [-0.39, 0.29) is 18.4 Å². The van der Waals surface area contributed by atoms with E-state index in [2.05, 4.69) is 5.32 Å². The van der Waals surface area contributed by atoms with Crippen LogP contribution in [-0.2, 0) is 16.1 Å². The fraction of sp³-hybridized carbons (Fsp3) is 0.474. The number of rotatable bonds is 5. The maximum atomic E-state index is 13.0. The highest BCUT2D eigenvalue weighted by molar-refractivity contribution is 6.24. The fourth-order valence-corrected chi connectivity index (χ4v) is 4.28. The average molecular weight is 386 g/mol. The molecule has 4 N–H and O–H groups in total. The zero-order chi connectivity index (χ0) is 20.1. The SMILES string of the molecule is NCCC1(O)CN(Cc2cccc3c2C(=O)N(C2CCC(=O)NC2=O)C3=O)C1. The first-order valence-electron chi connectivity index (χ1n) is 9.31. The third kappa shape index (κ3) is 3.01. The maximum Gasteiger partial charge on any atom is 0.262 e. The van der Waals surface area contributed by atoms with E-state index in [1.165, 1.54) is 0 Å². The second-order valence-corrected chi connectivity index (χ2v) is 7.70. The first-order chi connectivity index (χ1) is 13.3. The molecule has 1 atom stereocenters. The first-order valence-corrected chi connectivity index (χ1v) is 9.31. The van der Waals surface area contributed by atoms with Gasteiger partial charge in [-0.05, 0) is 31.0 Å². The van der Waals surface area contributed by atoms with Gasteiger partial charge in [-0.25, -0.2) is 0 Å². The van der Waals surface area contributed by atoms with Crippen LogP contribution in [0.15, 0.2) is 18.2 Å². The second kappa shape index (κ2) is 6.77. The predicted molar refractivity (Wildman–Crippen MR) is 97.0 cm³/mol. The van der Waals surface area contributed by atoms with Gasteiger partial charge in [-0.3, -0.25) is 34.3 Å². The van der Waals surface area contributed by atoms with E-state index < -0.39 is 35.3 Å². The fourth-order valence-electron chi connectivity index (χ4n) is 4.28. The molecular weight excluding hydrogens is 364 g/mol. The lowest BCUT2D eigenvalue weighted by Crippen LogP contribution is -2.61. The minimum atomic E-state index is -0.975. The molecule has 3 heterocycles. The number of imide groups is 2. The van der Waals surface area contributed by atoms with Crippen LogP contribution in [0.3, 0.4) is 0 Å². The summed E-state index contributed by atoms with van der Waals surface area (Å²) in [6, 6.07) is 4.08. The van der Waals surface area contributed by atoms with Crippen LogP contribution in [0.25, 0.3) is 0 Å². The summed E-state index contributed by atoms with van der Waals surface area (Å²) in [7, 11) is 0. The number of nitrogens with zero attached hydrogens (tertiary/aromatic N) is 2. The molecule has 0 radical (unpaired) electrons. The molecule has 3 aliphatic heterocycles. The molecule has 1 aromatic rings. The van der Waals surface area contributed by atoms with Crippen molar-refractivity contribution in [1.82, 2.24) is 15.1 Å². The molecule has 28 heavy (non-hydrogen) atoms. The molecule has 9 heteroatoms. The van der Waals surface area contributed by atoms with Gasteiger partial charge in [-0.2, -0.15) is 0 Å². The van der Waals surface area contributed by atoms with Crippen LogP contribution in [-0.4, -0.2) is 69.8 Å². The molecule has 0 spiro atoms. The molecule has 1 aromatic carbocycles. The standard InChI is InChI=1S/C19H22N4O5/c20-7-6-19(28)9-22(10-19)8-11-2-1-3-12-15(11)18(27)23(17(12)26)13-4-5-14(24)21-16(13)25/h1-3,13,28H,4-10,20H2,(H,21,24,25). The summed E-state index contributed by atoms with van der Waals surface area (Å²) in [5.74, 6) is -2.05. The number of hydrogen-bond donors (Lipinski definition) is 3. The number of likely N-dealkylation sites (tertiary alicyclic amines) is 1. The monoisotopic (exact) mass is 386 g/mol. The van der Waals surface area contributed by atoms with Crippen LogP contribution in [0.4, 0.5) is 0 Å². The van der Waals surface area contributed by atoms with Crippen molar-refractivity contribution in [1.29, 1.82) is 0 Å². The van der Waals surface area contributed by atoms with Crippen molar-refractivity contribution >= 4 is 23.6 Å². The molecule has 1 unspecified atom stereocenters. The number of carbonyl (C=O) groups excluding carboxylic acids is 4. The van der Waals surface area contributed by atoms with Gasteiger partial charge in [-0.15, -0.1) is 0 Å². The molecule has 2 fully saturated rings. The Morgan fingerprint density at radius 2 is 1.93 bits per heavy atom. The summed E-state index contributed by atoms with van der Waals surface area (Å²) in [6.45, 7) is 1.72. The van der Waals surface area contributed by atoms with Crippen LogP contribution >= 0.6 is 0 Å². The number of nitrogens with one attached hydrogen (secondary N) is 1. The van der Waals surface area contributed by atoms with Crippen LogP contribution in [0.5, 0.6) is 0 Å². The van der Waals surface area contributed by atoms with Crippen molar-refractivity contribution in [2.45, 2.75) is 37.5 Å². The van der Waals surface area contributed by atoms with Crippen LogP contribution in [0.1, 0.15) is 45.5 Å². The molecule has 3 aliphatic rings. The minimum Gasteiger partial charge on any atom is -0.387 e. The highest BCUT2D eigenvalue weighted by Crippen LogP contribution is 2.32. The van der Waals surface area contributed by atoms with E-state index >= 15 is 0 Å². The molecule has 4 amide bonds. The summed E-state index contributed by atoms with van der Waals surface area (Å²) in [5.41, 5.74) is 5.96. The lowest BCUT2D eigenvalue weighted by Gasteiger charge is -2.46. The molecule has 0 bridgehead atoms. The molecule has 0 aliphatic carbocycles. The summed E-state index contributed by atoms with van der Waals surface area (Å²) in [4.78, 5) is 52.3. The molecule has 9 nitrogen and oxygen atoms in total. The second-order valence-electron chi connectivity index (χ2n) is 7.70. The van der Waals surface area contributed by atoms with Crippen LogP contribution in [0, 0.1) is 0 Å². The van der Waals surface area contributed by atoms with Gasteiger partial charge in [0, 0.05) is 26.1 Å². The number of β-amino-alcohol motifs (C(OH)–C–C–N with tert-alkyl or cyclic N) is 1. The minimum absolute atomic E-state index is 0.0875. The van der Waals surface area contributed by atoms with Crippen molar-refractivity contribution in [3.05, 3.63) is 34.9 Å². The smallest absolute Gasteiger partial charge is 0.262 e.